The van der Waals surface area contributed by atoms with Crippen molar-refractivity contribution in [1.29, 1.82) is 0 Å². The summed E-state index contributed by atoms with van der Waals surface area (Å²) in [5.74, 6) is 2.07. The zero-order chi connectivity index (χ0) is 16.5. The van der Waals surface area contributed by atoms with Crippen LogP contribution in [0.5, 0.6) is 0 Å². The average molecular weight is 322 g/mol. The van der Waals surface area contributed by atoms with Gasteiger partial charge in [0.05, 0.1) is 0 Å². The smallest absolute Gasteiger partial charge is 0.222 e. The highest BCUT2D eigenvalue weighted by Crippen LogP contribution is 2.36. The minimum Gasteiger partial charge on any atom is -0.356 e. The molecule has 0 spiro atoms. The van der Waals surface area contributed by atoms with Crippen LogP contribution in [0.2, 0.25) is 0 Å². The van der Waals surface area contributed by atoms with Gasteiger partial charge in [-0.2, -0.15) is 0 Å². The number of amides is 2. The maximum atomic E-state index is 12.4. The van der Waals surface area contributed by atoms with Crippen LogP contribution in [0, 0.1) is 11.8 Å². The van der Waals surface area contributed by atoms with Crippen LogP contribution in [0.1, 0.15) is 77.6 Å². The van der Waals surface area contributed by atoms with Crippen LogP contribution < -0.4 is 5.32 Å². The van der Waals surface area contributed by atoms with E-state index in [0.29, 0.717) is 18.7 Å². The van der Waals surface area contributed by atoms with Crippen molar-refractivity contribution in [2.75, 3.05) is 19.6 Å². The number of carbonyl (C=O) groups is 2. The molecular weight excluding hydrogens is 288 g/mol. The molecule has 0 bridgehead atoms. The second-order valence-electron chi connectivity index (χ2n) is 7.34. The molecule has 2 unspecified atom stereocenters. The predicted molar refractivity (Wildman–Crippen MR) is 93.0 cm³/mol. The lowest BCUT2D eigenvalue weighted by atomic mass is 9.75. The maximum Gasteiger partial charge on any atom is 0.222 e. The summed E-state index contributed by atoms with van der Waals surface area (Å²) in [4.78, 5) is 26.1. The summed E-state index contributed by atoms with van der Waals surface area (Å²) in [5, 5.41) is 2.93. The van der Waals surface area contributed by atoms with Gasteiger partial charge in [-0.05, 0) is 43.9 Å². The van der Waals surface area contributed by atoms with Gasteiger partial charge in [0, 0.05) is 32.5 Å². The van der Waals surface area contributed by atoms with Crippen molar-refractivity contribution in [3.05, 3.63) is 0 Å². The van der Waals surface area contributed by atoms with E-state index in [9.17, 15) is 9.59 Å². The average Bonchev–Trinajstić information content (AvgIpc) is 2.58. The molecule has 4 nitrogen and oxygen atoms in total. The molecule has 1 N–H and O–H groups in total. The second kappa shape index (κ2) is 9.94. The lowest BCUT2D eigenvalue weighted by Crippen LogP contribution is -2.44. The quantitative estimate of drug-likeness (QED) is 0.695. The van der Waals surface area contributed by atoms with E-state index < -0.39 is 0 Å². The molecule has 23 heavy (non-hydrogen) atoms. The van der Waals surface area contributed by atoms with E-state index in [4.69, 9.17) is 0 Å². The molecular formula is C19H34N2O2. The molecule has 1 saturated heterocycles. The molecule has 0 radical (unpaired) electrons. The Hall–Kier alpha value is -1.06. The topological polar surface area (TPSA) is 49.4 Å². The number of unbranched alkanes of at least 4 members (excludes halogenated alkanes) is 2. The largest absolute Gasteiger partial charge is 0.356 e. The third-order valence-electron chi connectivity index (χ3n) is 5.54. The minimum absolute atomic E-state index is 0.133. The van der Waals surface area contributed by atoms with Crippen molar-refractivity contribution in [2.45, 2.75) is 77.6 Å². The van der Waals surface area contributed by atoms with Crippen LogP contribution in [0.25, 0.3) is 0 Å². The summed E-state index contributed by atoms with van der Waals surface area (Å²) in [6.45, 7) is 4.84. The zero-order valence-corrected chi connectivity index (χ0v) is 14.8. The van der Waals surface area contributed by atoms with Gasteiger partial charge < -0.3 is 10.2 Å². The van der Waals surface area contributed by atoms with E-state index in [2.05, 4.69) is 17.1 Å². The Bertz CT molecular complexity index is 384. The highest BCUT2D eigenvalue weighted by atomic mass is 16.2. The van der Waals surface area contributed by atoms with Gasteiger partial charge in [0.15, 0.2) is 0 Å². The van der Waals surface area contributed by atoms with E-state index in [-0.39, 0.29) is 5.91 Å². The highest BCUT2D eigenvalue weighted by Gasteiger charge is 2.32. The number of nitrogens with zero attached hydrogens (tertiary/aromatic N) is 1. The molecule has 1 saturated carbocycles. The van der Waals surface area contributed by atoms with Crippen LogP contribution in [0.4, 0.5) is 0 Å². The van der Waals surface area contributed by atoms with Crippen LogP contribution in [0.3, 0.4) is 0 Å². The van der Waals surface area contributed by atoms with Crippen molar-refractivity contribution >= 4 is 11.8 Å². The molecule has 132 valence electrons. The van der Waals surface area contributed by atoms with Crippen LogP contribution in [0.15, 0.2) is 0 Å². The lowest BCUT2D eigenvalue weighted by Gasteiger charge is -2.41. The molecule has 2 fully saturated rings. The summed E-state index contributed by atoms with van der Waals surface area (Å²) in [6, 6.07) is 0. The van der Waals surface area contributed by atoms with Crippen molar-refractivity contribution in [1.82, 2.24) is 10.2 Å². The highest BCUT2D eigenvalue weighted by molar-refractivity contribution is 5.77. The van der Waals surface area contributed by atoms with E-state index in [0.717, 1.165) is 57.2 Å². The fraction of sp³-hybridized carbons (Fsp3) is 0.895. The Morgan fingerprint density at radius 2 is 1.74 bits per heavy atom. The van der Waals surface area contributed by atoms with Crippen molar-refractivity contribution in [3.8, 4) is 0 Å². The number of fused-ring (bicyclic) bond motifs is 1. The number of piperidine rings is 1. The fourth-order valence-electron chi connectivity index (χ4n) is 4.04. The van der Waals surface area contributed by atoms with Gasteiger partial charge >= 0.3 is 0 Å². The molecule has 2 aliphatic rings. The van der Waals surface area contributed by atoms with Gasteiger partial charge in [0.1, 0.15) is 0 Å². The normalized spacial score (nSPS) is 24.1. The monoisotopic (exact) mass is 322 g/mol. The molecule has 0 aromatic heterocycles. The molecule has 1 heterocycles. The van der Waals surface area contributed by atoms with Gasteiger partial charge in [0.25, 0.3) is 0 Å². The van der Waals surface area contributed by atoms with Crippen molar-refractivity contribution in [2.24, 2.45) is 11.8 Å². The Morgan fingerprint density at radius 3 is 2.52 bits per heavy atom. The number of likely N-dealkylation sites (tertiary alicyclic amines) is 1. The molecule has 2 amide bonds. The van der Waals surface area contributed by atoms with Crippen molar-refractivity contribution < 1.29 is 9.59 Å². The lowest BCUT2D eigenvalue weighted by molar-refractivity contribution is -0.134. The molecule has 0 aromatic rings. The Labute approximate surface area is 141 Å². The number of rotatable bonds is 8. The second-order valence-corrected chi connectivity index (χ2v) is 7.34. The van der Waals surface area contributed by atoms with Crippen LogP contribution >= 0.6 is 0 Å². The molecule has 0 aromatic carbocycles. The molecule has 4 heteroatoms. The van der Waals surface area contributed by atoms with Gasteiger partial charge in [-0.1, -0.05) is 32.6 Å². The molecule has 1 aliphatic carbocycles. The Morgan fingerprint density at radius 1 is 1.00 bits per heavy atom. The maximum absolute atomic E-state index is 12.4. The summed E-state index contributed by atoms with van der Waals surface area (Å²) < 4.78 is 0. The number of hydrogen-bond donors (Lipinski definition) is 1. The standard InChI is InChI=1S/C19H34N2O2/c1-2-3-13-20-18(22)10-6-7-11-19(23)21-14-12-16-8-4-5-9-17(16)15-21/h16-17H,2-15H2,1H3,(H,20,22). The van der Waals surface area contributed by atoms with Crippen LogP contribution in [-0.2, 0) is 9.59 Å². The van der Waals surface area contributed by atoms with Gasteiger partial charge in [0.2, 0.25) is 11.8 Å². The summed E-state index contributed by atoms with van der Waals surface area (Å²) in [6.07, 6.45) is 11.6. The van der Waals surface area contributed by atoms with Crippen molar-refractivity contribution in [3.63, 3.8) is 0 Å². The number of nitrogens with one attached hydrogen (secondary N) is 1. The third-order valence-corrected chi connectivity index (χ3v) is 5.54. The van der Waals surface area contributed by atoms with Crippen LogP contribution in [-0.4, -0.2) is 36.3 Å². The van der Waals surface area contributed by atoms with Gasteiger partial charge in [-0.15, -0.1) is 0 Å². The van der Waals surface area contributed by atoms with E-state index >= 15 is 0 Å². The number of hydrogen-bond acceptors (Lipinski definition) is 2. The summed E-state index contributed by atoms with van der Waals surface area (Å²) in [7, 11) is 0. The Kier molecular flexibility index (Phi) is 7.90. The minimum atomic E-state index is 0.133. The first-order valence-electron chi connectivity index (χ1n) is 9.75. The first kappa shape index (κ1) is 18.3. The summed E-state index contributed by atoms with van der Waals surface area (Å²) in [5.41, 5.74) is 0. The number of carbonyl (C=O) groups excluding carboxylic acids is 2. The van der Waals surface area contributed by atoms with E-state index in [1.807, 2.05) is 0 Å². The van der Waals surface area contributed by atoms with E-state index in [1.54, 1.807) is 0 Å². The van der Waals surface area contributed by atoms with Gasteiger partial charge in [-0.25, -0.2) is 0 Å². The Balaban J connectivity index is 1.57. The first-order chi connectivity index (χ1) is 11.2. The SMILES string of the molecule is CCCCNC(=O)CCCCC(=O)N1CCC2CCCCC2C1. The molecule has 1 aliphatic heterocycles. The molecule has 2 rings (SSSR count). The first-order valence-corrected chi connectivity index (χ1v) is 9.75. The molecule has 2 atom stereocenters. The van der Waals surface area contributed by atoms with Gasteiger partial charge in [-0.3, -0.25) is 9.59 Å². The van der Waals surface area contributed by atoms with E-state index in [1.165, 1.54) is 32.1 Å². The third kappa shape index (κ3) is 6.15. The predicted octanol–water partition coefficient (Wildman–Crippen LogP) is 3.50. The fourth-order valence-corrected chi connectivity index (χ4v) is 4.04. The zero-order valence-electron chi connectivity index (χ0n) is 14.8. The summed E-state index contributed by atoms with van der Waals surface area (Å²) >= 11 is 0.